The van der Waals surface area contributed by atoms with Crippen LogP contribution in [0.4, 0.5) is 4.39 Å². The Kier molecular flexibility index (Phi) is 5.66. The molecule has 7 heteroatoms. The number of nitrogens with zero attached hydrogens (tertiary/aromatic N) is 1. The molecule has 1 aromatic carbocycles. The predicted octanol–water partition coefficient (Wildman–Crippen LogP) is 3.03. The molecule has 0 aliphatic heterocycles. The number of nitrogens with one attached hydrogen (secondary N) is 1. The lowest BCUT2D eigenvalue weighted by Gasteiger charge is -2.26. The van der Waals surface area contributed by atoms with Crippen molar-refractivity contribution in [2.24, 2.45) is 0 Å². The Morgan fingerprint density at radius 2 is 2.00 bits per heavy atom. The summed E-state index contributed by atoms with van der Waals surface area (Å²) in [6.07, 6.45) is 1.44. The molecule has 2 aromatic rings. The number of aliphatic carboxylic acids is 1. The number of thiazole rings is 1. The molecule has 1 aromatic heterocycles. The maximum Gasteiger partial charge on any atom is 0.333 e. The van der Waals surface area contributed by atoms with Crippen LogP contribution in [-0.4, -0.2) is 22.0 Å². The van der Waals surface area contributed by atoms with Crippen molar-refractivity contribution in [3.8, 4) is 0 Å². The Labute approximate surface area is 143 Å². The SMILES string of the molecule is Cc1nc(CCCC(=O)NC(C)(C(=O)O)c2ccc(F)cc2)cs1. The predicted molar refractivity (Wildman–Crippen MR) is 89.3 cm³/mol. The molecule has 0 bridgehead atoms. The minimum absolute atomic E-state index is 0.195. The minimum atomic E-state index is -1.60. The van der Waals surface area contributed by atoms with E-state index in [1.807, 2.05) is 12.3 Å². The first-order valence-corrected chi connectivity index (χ1v) is 8.40. The quantitative estimate of drug-likeness (QED) is 0.804. The average molecular weight is 350 g/mol. The topological polar surface area (TPSA) is 79.3 Å². The van der Waals surface area contributed by atoms with Gasteiger partial charge in [-0.2, -0.15) is 0 Å². The fourth-order valence-corrected chi connectivity index (χ4v) is 2.97. The van der Waals surface area contributed by atoms with Crippen LogP contribution in [0, 0.1) is 12.7 Å². The number of rotatable bonds is 7. The summed E-state index contributed by atoms with van der Waals surface area (Å²) in [4.78, 5) is 28.1. The maximum atomic E-state index is 13.0. The number of carboxylic acid groups (broad SMARTS) is 1. The van der Waals surface area contributed by atoms with Gasteiger partial charge >= 0.3 is 5.97 Å². The second kappa shape index (κ2) is 7.53. The Bertz CT molecular complexity index is 730. The van der Waals surface area contributed by atoms with Crippen LogP contribution in [0.3, 0.4) is 0 Å². The van der Waals surface area contributed by atoms with Crippen LogP contribution in [0.1, 0.15) is 36.0 Å². The van der Waals surface area contributed by atoms with Crippen LogP contribution < -0.4 is 5.32 Å². The summed E-state index contributed by atoms with van der Waals surface area (Å²) in [7, 11) is 0. The number of amides is 1. The monoisotopic (exact) mass is 350 g/mol. The molecule has 2 rings (SSSR count). The zero-order valence-corrected chi connectivity index (χ0v) is 14.3. The van der Waals surface area contributed by atoms with Gasteiger partial charge in [-0.25, -0.2) is 14.2 Å². The second-order valence-corrected chi connectivity index (χ2v) is 6.76. The lowest BCUT2D eigenvalue weighted by Crippen LogP contribution is -2.49. The molecule has 5 nitrogen and oxygen atoms in total. The van der Waals surface area contributed by atoms with E-state index < -0.39 is 17.3 Å². The summed E-state index contributed by atoms with van der Waals surface area (Å²) in [6.45, 7) is 3.31. The summed E-state index contributed by atoms with van der Waals surface area (Å²) in [5.74, 6) is -2.02. The lowest BCUT2D eigenvalue weighted by molar-refractivity contribution is -0.147. The van der Waals surface area contributed by atoms with Crippen molar-refractivity contribution < 1.29 is 19.1 Å². The van der Waals surface area contributed by atoms with Gasteiger partial charge < -0.3 is 10.4 Å². The van der Waals surface area contributed by atoms with Crippen LogP contribution in [0.15, 0.2) is 29.6 Å². The molecular weight excluding hydrogens is 331 g/mol. The first-order valence-electron chi connectivity index (χ1n) is 7.53. The Hall–Kier alpha value is -2.28. The molecule has 0 aliphatic rings. The highest BCUT2D eigenvalue weighted by Gasteiger charge is 2.36. The third-order valence-corrected chi connectivity index (χ3v) is 4.56. The summed E-state index contributed by atoms with van der Waals surface area (Å²) in [5, 5.41) is 15.0. The van der Waals surface area contributed by atoms with Crippen molar-refractivity contribution in [3.05, 3.63) is 51.7 Å². The average Bonchev–Trinajstić information content (AvgIpc) is 2.93. The van der Waals surface area contributed by atoms with Gasteiger partial charge in [0.2, 0.25) is 5.91 Å². The van der Waals surface area contributed by atoms with Crippen LogP contribution in [0.25, 0.3) is 0 Å². The van der Waals surface area contributed by atoms with Gasteiger partial charge in [0.15, 0.2) is 5.54 Å². The maximum absolute atomic E-state index is 13.0. The van der Waals surface area contributed by atoms with Crippen LogP contribution in [-0.2, 0) is 21.5 Å². The Balaban J connectivity index is 1.97. The van der Waals surface area contributed by atoms with E-state index in [4.69, 9.17) is 0 Å². The van der Waals surface area contributed by atoms with E-state index in [-0.39, 0.29) is 12.3 Å². The smallest absolute Gasteiger partial charge is 0.333 e. The molecule has 1 heterocycles. The summed E-state index contributed by atoms with van der Waals surface area (Å²) < 4.78 is 13.0. The van der Waals surface area contributed by atoms with Crippen molar-refractivity contribution in [3.63, 3.8) is 0 Å². The van der Waals surface area contributed by atoms with Gasteiger partial charge in [0.1, 0.15) is 5.82 Å². The molecule has 0 radical (unpaired) electrons. The summed E-state index contributed by atoms with van der Waals surface area (Å²) >= 11 is 1.56. The van der Waals surface area contributed by atoms with Gasteiger partial charge in [0.25, 0.3) is 0 Å². The van der Waals surface area contributed by atoms with Crippen molar-refractivity contribution in [2.45, 2.75) is 38.6 Å². The number of carboxylic acids is 1. The third-order valence-electron chi connectivity index (χ3n) is 3.74. The third kappa shape index (κ3) is 4.38. The largest absolute Gasteiger partial charge is 0.479 e. The number of carbonyl (C=O) groups is 2. The van der Waals surface area contributed by atoms with Crippen molar-refractivity contribution in [2.75, 3.05) is 0 Å². The molecule has 0 fully saturated rings. The van der Waals surface area contributed by atoms with Gasteiger partial charge in [-0.15, -0.1) is 11.3 Å². The van der Waals surface area contributed by atoms with Crippen molar-refractivity contribution in [1.82, 2.24) is 10.3 Å². The van der Waals surface area contributed by atoms with Gasteiger partial charge in [-0.1, -0.05) is 12.1 Å². The van der Waals surface area contributed by atoms with Crippen molar-refractivity contribution in [1.29, 1.82) is 0 Å². The van der Waals surface area contributed by atoms with Gasteiger partial charge in [-0.3, -0.25) is 4.79 Å². The highest BCUT2D eigenvalue weighted by Crippen LogP contribution is 2.22. The van der Waals surface area contributed by atoms with E-state index in [0.29, 0.717) is 18.4 Å². The molecule has 2 N–H and O–H groups in total. The van der Waals surface area contributed by atoms with E-state index in [1.165, 1.54) is 31.2 Å². The number of benzene rings is 1. The zero-order chi connectivity index (χ0) is 17.7. The molecule has 0 saturated heterocycles. The fraction of sp³-hybridized carbons (Fsp3) is 0.353. The molecule has 0 aliphatic carbocycles. The second-order valence-electron chi connectivity index (χ2n) is 5.70. The molecule has 1 amide bonds. The molecular formula is C17H19FN2O3S. The Morgan fingerprint density at radius 3 is 2.54 bits per heavy atom. The van der Waals surface area contributed by atoms with Gasteiger partial charge in [-0.05, 0) is 44.4 Å². The molecule has 1 atom stereocenters. The van der Waals surface area contributed by atoms with Crippen molar-refractivity contribution >= 4 is 23.2 Å². The first-order chi connectivity index (χ1) is 11.3. The number of hydrogen-bond acceptors (Lipinski definition) is 4. The molecule has 24 heavy (non-hydrogen) atoms. The highest BCUT2D eigenvalue weighted by atomic mass is 32.1. The molecule has 0 spiro atoms. The molecule has 128 valence electrons. The standard InChI is InChI=1S/C17H19FN2O3S/c1-11-19-14(10-24-11)4-3-5-15(21)20-17(2,16(22)23)12-6-8-13(18)9-7-12/h6-10H,3-5H2,1-2H3,(H,20,21)(H,22,23). The summed E-state index contributed by atoms with van der Waals surface area (Å²) in [6, 6.07) is 5.07. The van der Waals surface area contributed by atoms with E-state index in [2.05, 4.69) is 10.3 Å². The number of hydrogen-bond donors (Lipinski definition) is 2. The Morgan fingerprint density at radius 1 is 1.33 bits per heavy atom. The van der Waals surface area contributed by atoms with E-state index in [9.17, 15) is 19.1 Å². The van der Waals surface area contributed by atoms with Crippen LogP contribution in [0.5, 0.6) is 0 Å². The van der Waals surface area contributed by atoms with E-state index >= 15 is 0 Å². The van der Waals surface area contributed by atoms with Crippen LogP contribution in [0.2, 0.25) is 0 Å². The molecule has 0 saturated carbocycles. The highest BCUT2D eigenvalue weighted by molar-refractivity contribution is 7.09. The fourth-order valence-electron chi connectivity index (χ4n) is 2.33. The van der Waals surface area contributed by atoms with E-state index in [0.717, 1.165) is 10.7 Å². The van der Waals surface area contributed by atoms with Crippen LogP contribution >= 0.6 is 11.3 Å². The first kappa shape index (κ1) is 18.1. The minimum Gasteiger partial charge on any atom is -0.479 e. The summed E-state index contributed by atoms with van der Waals surface area (Å²) in [5.41, 5.74) is -0.341. The van der Waals surface area contributed by atoms with Gasteiger partial charge in [0, 0.05) is 11.8 Å². The number of carbonyl (C=O) groups excluding carboxylic acids is 1. The molecule has 1 unspecified atom stereocenters. The zero-order valence-electron chi connectivity index (χ0n) is 13.5. The van der Waals surface area contributed by atoms with E-state index in [1.54, 1.807) is 11.3 Å². The normalized spacial score (nSPS) is 13.3. The van der Waals surface area contributed by atoms with Gasteiger partial charge in [0.05, 0.1) is 10.7 Å². The number of aryl methyl sites for hydroxylation is 2. The lowest BCUT2D eigenvalue weighted by atomic mass is 9.91. The number of aromatic nitrogens is 1. The number of halogens is 1.